The first-order chi connectivity index (χ1) is 18.3. The van der Waals surface area contributed by atoms with Crippen molar-refractivity contribution in [2.75, 3.05) is 13.2 Å². The summed E-state index contributed by atoms with van der Waals surface area (Å²) in [7, 11) is 0. The Morgan fingerprint density at radius 2 is 1.37 bits per heavy atom. The van der Waals surface area contributed by atoms with Crippen LogP contribution in [-0.2, 0) is 9.47 Å². The summed E-state index contributed by atoms with van der Waals surface area (Å²) >= 11 is 0. The van der Waals surface area contributed by atoms with Gasteiger partial charge in [-0.15, -0.1) is 0 Å². The van der Waals surface area contributed by atoms with Crippen LogP contribution >= 0.6 is 0 Å². The van der Waals surface area contributed by atoms with Crippen LogP contribution < -0.4 is 4.74 Å². The van der Waals surface area contributed by atoms with Crippen LogP contribution in [0.2, 0.25) is 0 Å². The summed E-state index contributed by atoms with van der Waals surface area (Å²) in [5, 5.41) is 0. The van der Waals surface area contributed by atoms with E-state index in [0.717, 1.165) is 12.8 Å². The van der Waals surface area contributed by atoms with Crippen molar-refractivity contribution in [2.24, 2.45) is 0 Å². The minimum Gasteiger partial charge on any atom is -0.486 e. The molecule has 4 nitrogen and oxygen atoms in total. The summed E-state index contributed by atoms with van der Waals surface area (Å²) in [5.74, 6) is -5.64. The first-order valence-corrected chi connectivity index (χ1v) is 13.4. The van der Waals surface area contributed by atoms with E-state index in [1.165, 1.54) is 30.3 Å². The molecule has 206 valence electrons. The molecular formula is C30H34F4O4. The van der Waals surface area contributed by atoms with Crippen molar-refractivity contribution in [3.8, 4) is 5.75 Å². The lowest BCUT2D eigenvalue weighted by atomic mass is 9.82. The third-order valence-electron chi connectivity index (χ3n) is 7.67. The maximum atomic E-state index is 14.9. The Morgan fingerprint density at radius 3 is 1.95 bits per heavy atom. The van der Waals surface area contributed by atoms with Crippen LogP contribution in [0.3, 0.4) is 0 Å². The van der Waals surface area contributed by atoms with Crippen LogP contribution in [0.5, 0.6) is 5.75 Å². The van der Waals surface area contributed by atoms with Gasteiger partial charge in [0.1, 0.15) is 12.7 Å². The number of rotatable bonds is 9. The fourth-order valence-electron chi connectivity index (χ4n) is 5.64. The van der Waals surface area contributed by atoms with Crippen molar-refractivity contribution in [2.45, 2.75) is 82.3 Å². The molecule has 0 atom stereocenters. The average molecular weight is 535 g/mol. The quantitative estimate of drug-likeness (QED) is 0.187. The molecule has 0 saturated heterocycles. The standard InChI is InChI=1S/C30H34F4O4/c1-3-17-37-25-16-15-23(27(32)29(25)34)19-7-11-21(12-8-19)38-30(35)24-14-13-22(26(31)28(24)33)18-5-9-20(10-6-18)36-4-2/h3,13-16,18-21H,1,4-12,17H2,2H3. The number of hydrogen-bond acceptors (Lipinski definition) is 4. The molecule has 2 aromatic carbocycles. The number of benzene rings is 2. The number of halogens is 4. The van der Waals surface area contributed by atoms with Gasteiger partial charge < -0.3 is 14.2 Å². The summed E-state index contributed by atoms with van der Waals surface area (Å²) in [6.07, 6.45) is 5.77. The van der Waals surface area contributed by atoms with Gasteiger partial charge in [-0.3, -0.25) is 0 Å². The summed E-state index contributed by atoms with van der Waals surface area (Å²) in [6.45, 7) is 6.12. The lowest BCUT2D eigenvalue weighted by Crippen LogP contribution is -2.25. The van der Waals surface area contributed by atoms with Gasteiger partial charge in [-0.05, 0) is 93.4 Å². The number of carbonyl (C=O) groups excluding carboxylic acids is 1. The number of hydrogen-bond donors (Lipinski definition) is 0. The Labute approximate surface area is 221 Å². The molecule has 0 spiro atoms. The minimum atomic E-state index is -1.19. The second kappa shape index (κ2) is 12.8. The van der Waals surface area contributed by atoms with E-state index in [1.807, 2.05) is 6.92 Å². The van der Waals surface area contributed by atoms with Crippen LogP contribution in [0.4, 0.5) is 17.6 Å². The zero-order valence-electron chi connectivity index (χ0n) is 21.6. The smallest absolute Gasteiger partial charge is 0.341 e. The van der Waals surface area contributed by atoms with Crippen molar-refractivity contribution in [1.29, 1.82) is 0 Å². The van der Waals surface area contributed by atoms with Crippen LogP contribution in [0, 0.1) is 23.3 Å². The van der Waals surface area contributed by atoms with Crippen LogP contribution in [0.1, 0.15) is 91.6 Å². The molecule has 0 bridgehead atoms. The molecular weight excluding hydrogens is 500 g/mol. The Hall–Kier alpha value is -2.87. The van der Waals surface area contributed by atoms with Gasteiger partial charge in [0.05, 0.1) is 11.7 Å². The van der Waals surface area contributed by atoms with Crippen LogP contribution in [0.15, 0.2) is 36.9 Å². The van der Waals surface area contributed by atoms with Crippen molar-refractivity contribution in [1.82, 2.24) is 0 Å². The number of carbonyl (C=O) groups is 1. The molecule has 0 amide bonds. The summed E-state index contributed by atoms with van der Waals surface area (Å²) < 4.78 is 75.1. The molecule has 0 radical (unpaired) electrons. The third kappa shape index (κ3) is 6.22. The van der Waals surface area contributed by atoms with Gasteiger partial charge in [0.15, 0.2) is 23.2 Å². The van der Waals surface area contributed by atoms with Gasteiger partial charge in [0.25, 0.3) is 0 Å². The average Bonchev–Trinajstić information content (AvgIpc) is 2.92. The van der Waals surface area contributed by atoms with Crippen molar-refractivity contribution < 1.29 is 36.6 Å². The summed E-state index contributed by atoms with van der Waals surface area (Å²) in [5.41, 5.74) is 0.0986. The van der Waals surface area contributed by atoms with E-state index >= 15 is 0 Å². The predicted molar refractivity (Wildman–Crippen MR) is 135 cm³/mol. The van der Waals surface area contributed by atoms with Gasteiger partial charge in [-0.2, -0.15) is 4.39 Å². The third-order valence-corrected chi connectivity index (χ3v) is 7.67. The lowest BCUT2D eigenvalue weighted by Gasteiger charge is -2.29. The fraction of sp³-hybridized carbons (Fsp3) is 0.500. The molecule has 2 saturated carbocycles. The van der Waals surface area contributed by atoms with Gasteiger partial charge in [0, 0.05) is 6.61 Å². The lowest BCUT2D eigenvalue weighted by molar-refractivity contribution is 0.0188. The first-order valence-electron chi connectivity index (χ1n) is 13.4. The minimum absolute atomic E-state index is 0.0644. The highest BCUT2D eigenvalue weighted by Gasteiger charge is 2.31. The second-order valence-electron chi connectivity index (χ2n) is 10.0. The Morgan fingerprint density at radius 1 is 0.816 bits per heavy atom. The molecule has 4 rings (SSSR count). The van der Waals surface area contributed by atoms with Gasteiger partial charge in [0.2, 0.25) is 5.82 Å². The summed E-state index contributed by atoms with van der Waals surface area (Å²) in [6, 6.07) is 5.69. The van der Waals surface area contributed by atoms with Gasteiger partial charge in [-0.1, -0.05) is 24.8 Å². The van der Waals surface area contributed by atoms with E-state index in [4.69, 9.17) is 14.2 Å². The molecule has 0 aromatic heterocycles. The molecule has 0 heterocycles. The highest BCUT2D eigenvalue weighted by Crippen LogP contribution is 2.39. The highest BCUT2D eigenvalue weighted by molar-refractivity contribution is 5.90. The zero-order chi connectivity index (χ0) is 27.2. The maximum absolute atomic E-state index is 14.9. The largest absolute Gasteiger partial charge is 0.486 e. The van der Waals surface area contributed by atoms with E-state index in [2.05, 4.69) is 6.58 Å². The van der Waals surface area contributed by atoms with E-state index in [0.29, 0.717) is 45.1 Å². The van der Waals surface area contributed by atoms with Gasteiger partial charge >= 0.3 is 5.97 Å². The van der Waals surface area contributed by atoms with E-state index in [9.17, 15) is 22.4 Å². The predicted octanol–water partition coefficient (Wildman–Crippen LogP) is 7.75. The molecule has 2 aromatic rings. The Kier molecular flexibility index (Phi) is 9.47. The van der Waals surface area contributed by atoms with E-state index < -0.39 is 40.9 Å². The molecule has 0 aliphatic heterocycles. The molecule has 8 heteroatoms. The molecule has 0 unspecified atom stereocenters. The molecule has 2 fully saturated rings. The SMILES string of the molecule is C=CCOc1ccc(C2CCC(OC(=O)c3ccc(C4CCC(OCC)CC4)c(F)c3F)CC2)c(F)c1F. The topological polar surface area (TPSA) is 44.8 Å². The fourth-order valence-corrected chi connectivity index (χ4v) is 5.64. The molecule has 38 heavy (non-hydrogen) atoms. The van der Waals surface area contributed by atoms with Crippen molar-refractivity contribution in [3.63, 3.8) is 0 Å². The van der Waals surface area contributed by atoms with Gasteiger partial charge in [-0.25, -0.2) is 18.0 Å². The normalized spacial score (nSPS) is 23.6. The summed E-state index contributed by atoms with van der Waals surface area (Å²) in [4.78, 5) is 12.7. The van der Waals surface area contributed by atoms with Crippen molar-refractivity contribution in [3.05, 3.63) is 76.9 Å². The second-order valence-corrected chi connectivity index (χ2v) is 10.0. The Balaban J connectivity index is 1.34. The first kappa shape index (κ1) is 28.1. The molecule has 2 aliphatic rings. The molecule has 2 aliphatic carbocycles. The Bertz CT molecular complexity index is 1140. The zero-order valence-corrected chi connectivity index (χ0v) is 21.6. The number of esters is 1. The van der Waals surface area contributed by atoms with E-state index in [1.54, 1.807) is 0 Å². The van der Waals surface area contributed by atoms with E-state index in [-0.39, 0.29) is 41.4 Å². The molecule has 0 N–H and O–H groups in total. The van der Waals surface area contributed by atoms with Crippen LogP contribution in [0.25, 0.3) is 0 Å². The van der Waals surface area contributed by atoms with Crippen molar-refractivity contribution >= 4 is 5.97 Å². The highest BCUT2D eigenvalue weighted by atomic mass is 19.2. The van der Waals surface area contributed by atoms with Crippen LogP contribution in [-0.4, -0.2) is 31.4 Å². The number of ether oxygens (including phenoxy) is 3. The maximum Gasteiger partial charge on any atom is 0.341 e. The monoisotopic (exact) mass is 534 g/mol.